The van der Waals surface area contributed by atoms with Crippen LogP contribution in [0.1, 0.15) is 5.56 Å². The summed E-state index contributed by atoms with van der Waals surface area (Å²) in [5, 5.41) is 0. The first-order valence-corrected chi connectivity index (χ1v) is 8.82. The highest BCUT2D eigenvalue weighted by Crippen LogP contribution is 2.45. The van der Waals surface area contributed by atoms with Crippen LogP contribution in [0.3, 0.4) is 0 Å². The Morgan fingerprint density at radius 3 is 2.46 bits per heavy atom. The highest BCUT2D eigenvalue weighted by molar-refractivity contribution is 7.93. The second-order valence-electron chi connectivity index (χ2n) is 5.40. The van der Waals surface area contributed by atoms with Gasteiger partial charge in [0.1, 0.15) is 0 Å². The molecule has 0 N–H and O–H groups in total. The van der Waals surface area contributed by atoms with Gasteiger partial charge in [0.2, 0.25) is 12.5 Å². The first-order chi connectivity index (χ1) is 11.6. The minimum atomic E-state index is -3.80. The van der Waals surface area contributed by atoms with Gasteiger partial charge in [0, 0.05) is 18.2 Å². The van der Waals surface area contributed by atoms with Crippen molar-refractivity contribution >= 4 is 21.3 Å². The van der Waals surface area contributed by atoms with Crippen LogP contribution < -0.4 is 4.31 Å². The molecule has 0 aliphatic carbocycles. The molecule has 0 saturated carbocycles. The molecule has 2 aliphatic rings. The first kappa shape index (κ1) is 15.3. The molecule has 0 bridgehead atoms. The van der Waals surface area contributed by atoms with E-state index >= 15 is 0 Å². The van der Waals surface area contributed by atoms with Crippen molar-refractivity contribution in [3.63, 3.8) is 0 Å². The Labute approximate surface area is 139 Å². The molecule has 2 heterocycles. The van der Waals surface area contributed by atoms with E-state index in [2.05, 4.69) is 0 Å². The number of benzene rings is 2. The van der Waals surface area contributed by atoms with Gasteiger partial charge in [-0.15, -0.1) is 0 Å². The third kappa shape index (κ3) is 2.25. The zero-order valence-corrected chi connectivity index (χ0v) is 13.6. The van der Waals surface area contributed by atoms with E-state index in [-0.39, 0.29) is 4.90 Å². The normalized spacial score (nSPS) is 22.7. The Hall–Kier alpha value is -2.19. The molecular formula is C17H15NO5S. The van der Waals surface area contributed by atoms with Gasteiger partial charge in [-0.1, -0.05) is 36.4 Å². The summed E-state index contributed by atoms with van der Waals surface area (Å²) in [5.74, 6) is 0. The van der Waals surface area contributed by atoms with Crippen LogP contribution in [0.15, 0.2) is 65.6 Å². The zero-order chi connectivity index (χ0) is 16.7. The van der Waals surface area contributed by atoms with Crippen LogP contribution in [0.25, 0.3) is 5.57 Å². The monoisotopic (exact) mass is 345 g/mol. The quantitative estimate of drug-likeness (QED) is 0.800. The molecule has 0 amide bonds. The predicted molar refractivity (Wildman–Crippen MR) is 87.3 cm³/mol. The van der Waals surface area contributed by atoms with Gasteiger partial charge in [0.25, 0.3) is 10.0 Å². The Kier molecular flexibility index (Phi) is 3.65. The average molecular weight is 345 g/mol. The molecule has 0 aromatic heterocycles. The highest BCUT2D eigenvalue weighted by atomic mass is 32.2. The molecule has 0 saturated heterocycles. The fraction of sp³-hybridized carbons (Fsp3) is 0.176. The Bertz CT molecular complexity index is 894. The van der Waals surface area contributed by atoms with E-state index in [9.17, 15) is 8.42 Å². The van der Waals surface area contributed by atoms with Crippen molar-refractivity contribution in [2.75, 3.05) is 11.4 Å². The van der Waals surface area contributed by atoms with Crippen LogP contribution in [0.4, 0.5) is 5.69 Å². The van der Waals surface area contributed by atoms with E-state index in [4.69, 9.17) is 14.5 Å². The van der Waals surface area contributed by atoms with Crippen molar-refractivity contribution in [1.82, 2.24) is 0 Å². The van der Waals surface area contributed by atoms with Gasteiger partial charge in [-0.3, -0.25) is 0 Å². The molecule has 24 heavy (non-hydrogen) atoms. The molecule has 2 aromatic carbocycles. The number of nitrogens with zero attached hydrogens (tertiary/aromatic N) is 1. The maximum absolute atomic E-state index is 13.1. The third-order valence-electron chi connectivity index (χ3n) is 4.02. The average Bonchev–Trinajstić information content (AvgIpc) is 2.96. The van der Waals surface area contributed by atoms with Gasteiger partial charge in [-0.25, -0.2) is 17.6 Å². The van der Waals surface area contributed by atoms with Gasteiger partial charge in [0.15, 0.2) is 0 Å². The summed E-state index contributed by atoms with van der Waals surface area (Å²) in [7, 11) is -2.31. The summed E-state index contributed by atoms with van der Waals surface area (Å²) in [5.41, 5.74) is 2.05. The molecule has 0 fully saturated rings. The minimum Gasteiger partial charge on any atom is -0.350 e. The number of anilines is 1. The lowest BCUT2D eigenvalue weighted by atomic mass is 10.1. The highest BCUT2D eigenvalue weighted by Gasteiger charge is 2.45. The summed E-state index contributed by atoms with van der Waals surface area (Å²) in [6.45, 7) is 0. The molecule has 2 aromatic rings. The summed E-state index contributed by atoms with van der Waals surface area (Å²) >= 11 is 0. The Morgan fingerprint density at radius 2 is 1.71 bits per heavy atom. The number of sulfonamides is 1. The summed E-state index contributed by atoms with van der Waals surface area (Å²) in [6, 6.07) is 15.5. The van der Waals surface area contributed by atoms with Gasteiger partial charge in [-0.2, -0.15) is 4.89 Å². The maximum atomic E-state index is 13.1. The number of para-hydroxylation sites is 1. The molecule has 124 valence electrons. The standard InChI is InChI=1S/C17H15NO5S/c1-21-16-11-14-13-9-5-6-10-15(13)18(17(14)23-22-16)24(19,20)12-7-3-2-4-8-12/h2-11,16-17H,1H3/t16-,17+/m0/s1. The number of methoxy groups -OCH3 is 1. The predicted octanol–water partition coefficient (Wildman–Crippen LogP) is 2.54. The van der Waals surface area contributed by atoms with E-state index in [1.54, 1.807) is 48.5 Å². The number of fused-ring (bicyclic) bond motifs is 3. The lowest BCUT2D eigenvalue weighted by molar-refractivity contribution is -0.376. The van der Waals surface area contributed by atoms with Crippen LogP contribution in [-0.2, 0) is 24.5 Å². The molecule has 2 atom stereocenters. The summed E-state index contributed by atoms with van der Waals surface area (Å²) < 4.78 is 32.6. The van der Waals surface area contributed by atoms with Crippen LogP contribution in [-0.4, -0.2) is 28.0 Å². The Morgan fingerprint density at radius 1 is 1.00 bits per heavy atom. The van der Waals surface area contributed by atoms with Crippen LogP contribution in [0.5, 0.6) is 0 Å². The van der Waals surface area contributed by atoms with E-state index in [1.807, 2.05) is 12.1 Å². The lowest BCUT2D eigenvalue weighted by Gasteiger charge is -2.29. The first-order valence-electron chi connectivity index (χ1n) is 7.38. The molecule has 0 unspecified atom stereocenters. The molecule has 0 spiro atoms. The molecule has 4 rings (SSSR count). The number of rotatable bonds is 3. The van der Waals surface area contributed by atoms with Crippen molar-refractivity contribution in [2.45, 2.75) is 17.4 Å². The lowest BCUT2D eigenvalue weighted by Crippen LogP contribution is -2.41. The fourth-order valence-electron chi connectivity index (χ4n) is 2.91. The molecule has 6 nitrogen and oxygen atoms in total. The molecule has 0 radical (unpaired) electrons. The van der Waals surface area contributed by atoms with Crippen molar-refractivity contribution < 1.29 is 22.9 Å². The van der Waals surface area contributed by atoms with Crippen LogP contribution in [0.2, 0.25) is 0 Å². The SMILES string of the molecule is CO[C@@H]1C=C2c3ccccc3N(S(=O)(=O)c3ccccc3)[C@@H]2OO1. The van der Waals surface area contributed by atoms with Gasteiger partial charge in [0.05, 0.1) is 10.6 Å². The van der Waals surface area contributed by atoms with Crippen LogP contribution >= 0.6 is 0 Å². The van der Waals surface area contributed by atoms with E-state index in [0.29, 0.717) is 11.3 Å². The number of ether oxygens (including phenoxy) is 1. The minimum absolute atomic E-state index is 0.193. The largest absolute Gasteiger partial charge is 0.350 e. The summed E-state index contributed by atoms with van der Waals surface area (Å²) in [6.07, 6.45) is 0.177. The maximum Gasteiger partial charge on any atom is 0.266 e. The second kappa shape index (κ2) is 5.71. The van der Waals surface area contributed by atoms with Gasteiger partial charge in [-0.05, 0) is 24.3 Å². The molecular weight excluding hydrogens is 330 g/mol. The van der Waals surface area contributed by atoms with Crippen molar-refractivity contribution in [1.29, 1.82) is 0 Å². The third-order valence-corrected chi connectivity index (χ3v) is 5.79. The number of hydrogen-bond acceptors (Lipinski definition) is 5. The van der Waals surface area contributed by atoms with Gasteiger partial charge >= 0.3 is 0 Å². The van der Waals surface area contributed by atoms with Crippen molar-refractivity contribution in [3.05, 3.63) is 66.2 Å². The Balaban J connectivity index is 1.88. The van der Waals surface area contributed by atoms with E-state index in [1.165, 1.54) is 11.4 Å². The smallest absolute Gasteiger partial charge is 0.266 e. The van der Waals surface area contributed by atoms with Crippen molar-refractivity contribution in [3.8, 4) is 0 Å². The molecule has 2 aliphatic heterocycles. The molecule has 7 heteroatoms. The summed E-state index contributed by atoms with van der Waals surface area (Å²) in [4.78, 5) is 10.7. The van der Waals surface area contributed by atoms with Crippen LogP contribution in [0, 0.1) is 0 Å². The van der Waals surface area contributed by atoms with Gasteiger partial charge < -0.3 is 4.74 Å². The topological polar surface area (TPSA) is 65.1 Å². The van der Waals surface area contributed by atoms with Crippen molar-refractivity contribution in [2.24, 2.45) is 0 Å². The van der Waals surface area contributed by atoms with E-state index in [0.717, 1.165) is 5.56 Å². The number of hydrogen-bond donors (Lipinski definition) is 0. The fourth-order valence-corrected chi connectivity index (χ4v) is 4.46. The second-order valence-corrected chi connectivity index (χ2v) is 7.22. The van der Waals surface area contributed by atoms with E-state index < -0.39 is 22.5 Å². The zero-order valence-electron chi connectivity index (χ0n) is 12.8.